The number of imide groups is 1. The van der Waals surface area contributed by atoms with Crippen molar-refractivity contribution >= 4 is 12.1 Å². The fourth-order valence-electron chi connectivity index (χ4n) is 0.462. The van der Waals surface area contributed by atoms with Gasteiger partial charge in [0.2, 0.25) is 0 Å². The molecule has 0 unspecified atom stereocenters. The van der Waals surface area contributed by atoms with E-state index in [1.54, 1.807) is 13.8 Å². The standard InChI is InChI=1S/C6H13N3O3/c1-4(2)12-6(11)9(7)5(10)8-3/h4H,7H2,1-3H3,(H,8,10). The summed E-state index contributed by atoms with van der Waals surface area (Å²) >= 11 is 0. The van der Waals surface area contributed by atoms with Crippen LogP contribution in [0.1, 0.15) is 13.8 Å². The van der Waals surface area contributed by atoms with E-state index in [4.69, 9.17) is 5.84 Å². The zero-order valence-electron chi connectivity index (χ0n) is 7.33. The molecule has 0 aliphatic rings. The molecule has 0 saturated heterocycles. The van der Waals surface area contributed by atoms with Crippen LogP contribution in [0.4, 0.5) is 9.59 Å². The Balaban J connectivity index is 4.01. The normalized spacial score (nSPS) is 9.42. The Morgan fingerprint density at radius 1 is 1.50 bits per heavy atom. The van der Waals surface area contributed by atoms with Gasteiger partial charge in [0.25, 0.3) is 0 Å². The molecule has 0 aliphatic heterocycles. The molecule has 0 aliphatic carbocycles. The van der Waals surface area contributed by atoms with Crippen LogP contribution >= 0.6 is 0 Å². The molecule has 0 atom stereocenters. The Morgan fingerprint density at radius 2 is 2.00 bits per heavy atom. The van der Waals surface area contributed by atoms with Crippen LogP contribution in [0.2, 0.25) is 0 Å². The van der Waals surface area contributed by atoms with Gasteiger partial charge in [-0.15, -0.1) is 0 Å². The lowest BCUT2D eigenvalue weighted by atomic mass is 10.5. The molecule has 0 bridgehead atoms. The lowest BCUT2D eigenvalue weighted by Gasteiger charge is -2.15. The summed E-state index contributed by atoms with van der Waals surface area (Å²) in [7, 11) is 1.37. The third kappa shape index (κ3) is 3.20. The van der Waals surface area contributed by atoms with Crippen LogP contribution in [0, 0.1) is 0 Å². The summed E-state index contributed by atoms with van der Waals surface area (Å²) in [5.41, 5.74) is 0. The maximum Gasteiger partial charge on any atom is 0.433 e. The average Bonchev–Trinajstić information content (AvgIpc) is 2.00. The van der Waals surface area contributed by atoms with Crippen molar-refractivity contribution in [3.63, 3.8) is 0 Å². The number of hydrazine groups is 1. The van der Waals surface area contributed by atoms with Gasteiger partial charge < -0.3 is 10.1 Å². The minimum absolute atomic E-state index is 0.298. The quantitative estimate of drug-likeness (QED) is 0.335. The molecule has 12 heavy (non-hydrogen) atoms. The van der Waals surface area contributed by atoms with Crippen LogP contribution in [0.25, 0.3) is 0 Å². The van der Waals surface area contributed by atoms with Crippen LogP contribution in [-0.4, -0.2) is 30.3 Å². The van der Waals surface area contributed by atoms with Crippen molar-refractivity contribution in [1.29, 1.82) is 0 Å². The van der Waals surface area contributed by atoms with Gasteiger partial charge in [-0.1, -0.05) is 0 Å². The molecule has 0 rings (SSSR count). The van der Waals surface area contributed by atoms with Crippen molar-refractivity contribution < 1.29 is 14.3 Å². The molecule has 0 heterocycles. The Morgan fingerprint density at radius 3 is 2.33 bits per heavy atom. The molecule has 0 aromatic heterocycles. The van der Waals surface area contributed by atoms with Gasteiger partial charge >= 0.3 is 12.1 Å². The second-order valence-corrected chi connectivity index (χ2v) is 2.36. The number of hydrogen-bond donors (Lipinski definition) is 2. The Labute approximate surface area is 70.6 Å². The summed E-state index contributed by atoms with van der Waals surface area (Å²) in [5, 5.41) is 2.56. The summed E-state index contributed by atoms with van der Waals surface area (Å²) in [6.07, 6.45) is -1.17. The van der Waals surface area contributed by atoms with E-state index in [0.29, 0.717) is 5.01 Å². The molecule has 0 spiro atoms. The number of rotatable bonds is 1. The average molecular weight is 175 g/mol. The predicted octanol–water partition coefficient (Wildman–Crippen LogP) is 0.0465. The van der Waals surface area contributed by atoms with Gasteiger partial charge in [-0.3, -0.25) is 0 Å². The molecule has 3 N–H and O–H groups in total. The predicted molar refractivity (Wildman–Crippen MR) is 42.1 cm³/mol. The smallest absolute Gasteiger partial charge is 0.433 e. The molecule has 6 nitrogen and oxygen atoms in total. The van der Waals surface area contributed by atoms with E-state index >= 15 is 0 Å². The maximum atomic E-state index is 10.9. The van der Waals surface area contributed by atoms with Gasteiger partial charge in [-0.25, -0.2) is 15.4 Å². The van der Waals surface area contributed by atoms with Crippen LogP contribution in [0.15, 0.2) is 0 Å². The zero-order chi connectivity index (χ0) is 9.72. The van der Waals surface area contributed by atoms with E-state index in [0.717, 1.165) is 0 Å². The molecule has 0 aromatic carbocycles. The highest BCUT2D eigenvalue weighted by molar-refractivity contribution is 5.89. The van der Waals surface area contributed by atoms with Gasteiger partial charge in [0.1, 0.15) is 0 Å². The summed E-state index contributed by atoms with van der Waals surface area (Å²) in [6.45, 7) is 3.32. The molecule has 0 radical (unpaired) electrons. The van der Waals surface area contributed by atoms with E-state index in [-0.39, 0.29) is 6.10 Å². The summed E-state index contributed by atoms with van der Waals surface area (Å²) in [4.78, 5) is 21.6. The van der Waals surface area contributed by atoms with Gasteiger partial charge in [0, 0.05) is 7.05 Å². The molecule has 6 heteroatoms. The van der Waals surface area contributed by atoms with E-state index in [2.05, 4.69) is 10.1 Å². The molecule has 3 amide bonds. The number of carbonyl (C=O) groups is 2. The number of hydrogen-bond acceptors (Lipinski definition) is 4. The van der Waals surface area contributed by atoms with E-state index in [1.165, 1.54) is 7.05 Å². The SMILES string of the molecule is CNC(=O)N(N)C(=O)OC(C)C. The lowest BCUT2D eigenvalue weighted by molar-refractivity contribution is 0.0850. The van der Waals surface area contributed by atoms with Gasteiger partial charge in [0.15, 0.2) is 0 Å². The first-order valence-corrected chi connectivity index (χ1v) is 3.46. The van der Waals surface area contributed by atoms with Crippen molar-refractivity contribution in [3.05, 3.63) is 0 Å². The van der Waals surface area contributed by atoms with Gasteiger partial charge in [-0.2, -0.15) is 5.01 Å². The number of ether oxygens (including phenoxy) is 1. The van der Waals surface area contributed by atoms with Gasteiger partial charge in [-0.05, 0) is 13.8 Å². The van der Waals surface area contributed by atoms with E-state index in [1.807, 2.05) is 0 Å². The highest BCUT2D eigenvalue weighted by atomic mass is 16.6. The van der Waals surface area contributed by atoms with E-state index < -0.39 is 12.1 Å². The first kappa shape index (κ1) is 10.7. The Kier molecular flexibility index (Phi) is 4.06. The number of urea groups is 1. The van der Waals surface area contributed by atoms with Crippen molar-refractivity contribution in [3.8, 4) is 0 Å². The fraction of sp³-hybridized carbons (Fsp3) is 0.667. The third-order valence-electron chi connectivity index (χ3n) is 0.966. The van der Waals surface area contributed by atoms with Crippen LogP contribution in [0.5, 0.6) is 0 Å². The molecule has 0 fully saturated rings. The topological polar surface area (TPSA) is 84.7 Å². The van der Waals surface area contributed by atoms with Gasteiger partial charge in [0.05, 0.1) is 6.10 Å². The molecule has 0 saturated carbocycles. The molecular weight excluding hydrogens is 162 g/mol. The largest absolute Gasteiger partial charge is 0.445 e. The Bertz CT molecular complexity index is 181. The minimum Gasteiger partial charge on any atom is -0.445 e. The Hall–Kier alpha value is -1.30. The number of amides is 3. The van der Waals surface area contributed by atoms with Crippen molar-refractivity contribution in [2.45, 2.75) is 20.0 Å². The summed E-state index contributed by atoms with van der Waals surface area (Å²) in [5.74, 6) is 5.07. The van der Waals surface area contributed by atoms with Crippen LogP contribution in [-0.2, 0) is 4.74 Å². The van der Waals surface area contributed by atoms with Crippen molar-refractivity contribution in [2.75, 3.05) is 7.05 Å². The highest BCUT2D eigenvalue weighted by Gasteiger charge is 2.18. The maximum absolute atomic E-state index is 10.9. The lowest BCUT2D eigenvalue weighted by Crippen LogP contribution is -2.48. The van der Waals surface area contributed by atoms with Crippen molar-refractivity contribution in [1.82, 2.24) is 10.3 Å². The molecule has 0 aromatic rings. The second-order valence-electron chi connectivity index (χ2n) is 2.36. The molecular formula is C6H13N3O3. The number of nitrogens with one attached hydrogen (secondary N) is 1. The number of nitrogens with two attached hydrogens (primary N) is 1. The van der Waals surface area contributed by atoms with Crippen LogP contribution < -0.4 is 11.2 Å². The zero-order valence-corrected chi connectivity index (χ0v) is 7.33. The minimum atomic E-state index is -0.871. The van der Waals surface area contributed by atoms with E-state index in [9.17, 15) is 9.59 Å². The third-order valence-corrected chi connectivity index (χ3v) is 0.966. The first-order chi connectivity index (χ1) is 5.49. The van der Waals surface area contributed by atoms with Crippen molar-refractivity contribution in [2.24, 2.45) is 5.84 Å². The molecule has 70 valence electrons. The second kappa shape index (κ2) is 4.55. The van der Waals surface area contributed by atoms with Crippen LogP contribution in [0.3, 0.4) is 0 Å². The monoisotopic (exact) mass is 175 g/mol. The fourth-order valence-corrected chi connectivity index (χ4v) is 0.462. The highest BCUT2D eigenvalue weighted by Crippen LogP contribution is 1.93. The summed E-state index contributed by atoms with van der Waals surface area (Å²) < 4.78 is 4.64. The number of nitrogens with zero attached hydrogens (tertiary/aromatic N) is 1. The first-order valence-electron chi connectivity index (χ1n) is 3.46. The summed E-state index contributed by atoms with van der Waals surface area (Å²) in [6, 6.07) is -0.708. The number of carbonyl (C=O) groups excluding carboxylic acids is 2.